The SMILES string of the molecule is CCc1cnn(/C=C/C(C)(C)C(=O)OC(C)(C)C)c1OCC(C)C. The highest BCUT2D eigenvalue weighted by Crippen LogP contribution is 2.25. The molecule has 1 aromatic rings. The van der Waals surface area contributed by atoms with Gasteiger partial charge in [-0.15, -0.1) is 0 Å². The van der Waals surface area contributed by atoms with Gasteiger partial charge in [0.2, 0.25) is 5.88 Å². The van der Waals surface area contributed by atoms with Gasteiger partial charge in [0, 0.05) is 11.8 Å². The summed E-state index contributed by atoms with van der Waals surface area (Å²) in [5, 5.41) is 4.35. The predicted molar refractivity (Wildman–Crippen MR) is 96.9 cm³/mol. The fourth-order valence-corrected chi connectivity index (χ4v) is 1.87. The maximum atomic E-state index is 12.3. The van der Waals surface area contributed by atoms with Gasteiger partial charge in [-0.1, -0.05) is 20.8 Å². The molecule has 0 atom stereocenters. The number of nitrogens with zero attached hydrogens (tertiary/aromatic N) is 2. The van der Waals surface area contributed by atoms with E-state index in [4.69, 9.17) is 9.47 Å². The van der Waals surface area contributed by atoms with Gasteiger partial charge in [-0.2, -0.15) is 5.10 Å². The summed E-state index contributed by atoms with van der Waals surface area (Å²) in [5.74, 6) is 0.904. The zero-order valence-electron chi connectivity index (χ0n) is 16.3. The molecule has 0 aromatic carbocycles. The standard InChI is InChI=1S/C19H32N2O3/c1-9-15-12-20-21(16(15)23-13-14(2)3)11-10-19(7,8)17(22)24-18(4,5)6/h10-12,14H,9,13H2,1-8H3/b11-10+. The lowest BCUT2D eigenvalue weighted by atomic mass is 9.93. The van der Waals surface area contributed by atoms with Crippen molar-refractivity contribution in [1.82, 2.24) is 9.78 Å². The number of carbonyl (C=O) groups excluding carboxylic acids is 1. The molecule has 0 aliphatic carbocycles. The second kappa shape index (κ2) is 7.86. The molecule has 0 fully saturated rings. The first-order valence-corrected chi connectivity index (χ1v) is 8.58. The van der Waals surface area contributed by atoms with Crippen molar-refractivity contribution in [3.8, 4) is 5.88 Å². The van der Waals surface area contributed by atoms with Crippen LogP contribution < -0.4 is 4.74 Å². The Hall–Kier alpha value is -1.78. The van der Waals surface area contributed by atoms with Crippen LogP contribution in [0.4, 0.5) is 0 Å². The van der Waals surface area contributed by atoms with Gasteiger partial charge in [0.05, 0.1) is 18.2 Å². The van der Waals surface area contributed by atoms with Crippen LogP contribution in [0.5, 0.6) is 5.88 Å². The zero-order valence-corrected chi connectivity index (χ0v) is 16.3. The van der Waals surface area contributed by atoms with E-state index in [0.717, 1.165) is 17.9 Å². The Labute approximate surface area is 146 Å². The quantitative estimate of drug-likeness (QED) is 0.696. The van der Waals surface area contributed by atoms with Crippen LogP contribution in [0.25, 0.3) is 6.20 Å². The van der Waals surface area contributed by atoms with Crippen LogP contribution >= 0.6 is 0 Å². The van der Waals surface area contributed by atoms with Crippen LogP contribution in [-0.2, 0) is 16.0 Å². The fourth-order valence-electron chi connectivity index (χ4n) is 1.87. The summed E-state index contributed by atoms with van der Waals surface area (Å²) in [5.41, 5.74) is -0.203. The molecule has 0 unspecified atom stereocenters. The molecule has 0 spiro atoms. The second-order valence-corrected chi connectivity index (χ2v) is 8.02. The Kier molecular flexibility index (Phi) is 6.64. The summed E-state index contributed by atoms with van der Waals surface area (Å²) in [6.45, 7) is 16.2. The maximum Gasteiger partial charge on any atom is 0.315 e. The van der Waals surface area contributed by atoms with E-state index in [2.05, 4.69) is 25.9 Å². The molecule has 136 valence electrons. The molecular formula is C19H32N2O3. The molecule has 0 aliphatic heterocycles. The van der Waals surface area contributed by atoms with E-state index in [0.29, 0.717) is 12.5 Å². The number of carbonyl (C=O) groups is 1. The minimum Gasteiger partial charge on any atom is -0.477 e. The average molecular weight is 336 g/mol. The summed E-state index contributed by atoms with van der Waals surface area (Å²) >= 11 is 0. The normalized spacial score (nSPS) is 12.9. The molecule has 0 radical (unpaired) electrons. The second-order valence-electron chi connectivity index (χ2n) is 8.02. The lowest BCUT2D eigenvalue weighted by molar-refractivity contribution is -0.162. The van der Waals surface area contributed by atoms with E-state index in [-0.39, 0.29) is 5.97 Å². The van der Waals surface area contributed by atoms with Crippen molar-refractivity contribution in [1.29, 1.82) is 0 Å². The predicted octanol–water partition coefficient (Wildman–Crippen LogP) is 4.32. The molecule has 1 aromatic heterocycles. The molecule has 24 heavy (non-hydrogen) atoms. The van der Waals surface area contributed by atoms with Crippen molar-refractivity contribution < 1.29 is 14.3 Å². The van der Waals surface area contributed by atoms with Crippen molar-refractivity contribution in [2.24, 2.45) is 11.3 Å². The lowest BCUT2D eigenvalue weighted by Gasteiger charge is -2.26. The van der Waals surface area contributed by atoms with Gasteiger partial charge in [0.25, 0.3) is 0 Å². The maximum absolute atomic E-state index is 12.3. The number of hydrogen-bond acceptors (Lipinski definition) is 4. The number of rotatable bonds is 7. The molecule has 1 heterocycles. The number of hydrogen-bond donors (Lipinski definition) is 0. The molecule has 0 saturated carbocycles. The van der Waals surface area contributed by atoms with E-state index >= 15 is 0 Å². The molecule has 5 heteroatoms. The summed E-state index contributed by atoms with van der Waals surface area (Å²) in [6.07, 6.45) is 6.23. The van der Waals surface area contributed by atoms with Crippen molar-refractivity contribution in [2.45, 2.75) is 67.4 Å². The molecule has 0 amide bonds. The molecular weight excluding hydrogens is 304 g/mol. The largest absolute Gasteiger partial charge is 0.477 e. The molecule has 5 nitrogen and oxygen atoms in total. The van der Waals surface area contributed by atoms with E-state index in [9.17, 15) is 4.79 Å². The van der Waals surface area contributed by atoms with Crippen LogP contribution in [0.1, 0.15) is 61.0 Å². The first-order chi connectivity index (χ1) is 11.0. The minimum atomic E-state index is -0.749. The fraction of sp³-hybridized carbons (Fsp3) is 0.684. The van der Waals surface area contributed by atoms with Gasteiger partial charge in [-0.3, -0.25) is 4.79 Å². The molecule has 0 bridgehead atoms. The highest BCUT2D eigenvalue weighted by Gasteiger charge is 2.30. The molecule has 0 N–H and O–H groups in total. The summed E-state index contributed by atoms with van der Waals surface area (Å²) in [7, 11) is 0. The van der Waals surface area contributed by atoms with Gasteiger partial charge in [-0.25, -0.2) is 4.68 Å². The Morgan fingerprint density at radius 1 is 1.29 bits per heavy atom. The Morgan fingerprint density at radius 2 is 1.92 bits per heavy atom. The van der Waals surface area contributed by atoms with Crippen molar-refractivity contribution in [2.75, 3.05) is 6.61 Å². The molecule has 1 rings (SSSR count). The zero-order chi connectivity index (χ0) is 18.5. The van der Waals surface area contributed by atoms with Gasteiger partial charge >= 0.3 is 5.97 Å². The van der Waals surface area contributed by atoms with E-state index in [1.54, 1.807) is 23.2 Å². The summed E-state index contributed by atoms with van der Waals surface area (Å²) < 4.78 is 13.1. The van der Waals surface area contributed by atoms with Crippen LogP contribution in [0.3, 0.4) is 0 Å². The minimum absolute atomic E-state index is 0.265. The van der Waals surface area contributed by atoms with Crippen molar-refractivity contribution in [3.05, 3.63) is 17.8 Å². The average Bonchev–Trinajstić information content (AvgIpc) is 2.83. The first kappa shape index (κ1) is 20.3. The Morgan fingerprint density at radius 3 is 2.42 bits per heavy atom. The van der Waals surface area contributed by atoms with E-state index < -0.39 is 11.0 Å². The molecule has 0 aliphatic rings. The smallest absolute Gasteiger partial charge is 0.315 e. The summed E-state index contributed by atoms with van der Waals surface area (Å²) in [6, 6.07) is 0. The van der Waals surface area contributed by atoms with Gasteiger partial charge in [0.1, 0.15) is 5.60 Å². The third-order valence-electron chi connectivity index (χ3n) is 3.31. The van der Waals surface area contributed by atoms with Crippen LogP contribution in [0, 0.1) is 11.3 Å². The highest BCUT2D eigenvalue weighted by molar-refractivity contribution is 5.79. The van der Waals surface area contributed by atoms with E-state index in [1.165, 1.54) is 0 Å². The van der Waals surface area contributed by atoms with Gasteiger partial charge in [0.15, 0.2) is 0 Å². The Bertz CT molecular complexity index is 578. The van der Waals surface area contributed by atoms with Gasteiger partial charge < -0.3 is 9.47 Å². The topological polar surface area (TPSA) is 53.4 Å². The van der Waals surface area contributed by atoms with Crippen LogP contribution in [-0.4, -0.2) is 28.0 Å². The van der Waals surface area contributed by atoms with Crippen LogP contribution in [0.15, 0.2) is 12.3 Å². The highest BCUT2D eigenvalue weighted by atomic mass is 16.6. The van der Waals surface area contributed by atoms with E-state index in [1.807, 2.05) is 34.6 Å². The van der Waals surface area contributed by atoms with Crippen molar-refractivity contribution in [3.63, 3.8) is 0 Å². The summed E-state index contributed by atoms with van der Waals surface area (Å²) in [4.78, 5) is 12.3. The number of esters is 1. The lowest BCUT2D eigenvalue weighted by Crippen LogP contribution is -2.32. The number of aryl methyl sites for hydroxylation is 1. The third-order valence-corrected chi connectivity index (χ3v) is 3.31. The third kappa shape index (κ3) is 6.02. The van der Waals surface area contributed by atoms with Gasteiger partial charge in [-0.05, 0) is 53.0 Å². The number of ether oxygens (including phenoxy) is 2. The molecule has 0 saturated heterocycles. The first-order valence-electron chi connectivity index (χ1n) is 8.58. The van der Waals surface area contributed by atoms with Crippen LogP contribution in [0.2, 0.25) is 0 Å². The monoisotopic (exact) mass is 336 g/mol. The van der Waals surface area contributed by atoms with Crippen molar-refractivity contribution >= 4 is 12.2 Å². The number of aromatic nitrogens is 2. The Balaban J connectivity index is 2.96.